The lowest BCUT2D eigenvalue weighted by Gasteiger charge is -2.31. The third-order valence-electron chi connectivity index (χ3n) is 5.43. The van der Waals surface area contributed by atoms with E-state index in [0.717, 1.165) is 28.2 Å². The van der Waals surface area contributed by atoms with Gasteiger partial charge in [0.15, 0.2) is 5.78 Å². The highest BCUT2D eigenvalue weighted by Crippen LogP contribution is 2.42. The summed E-state index contributed by atoms with van der Waals surface area (Å²) in [5.41, 5.74) is 0.446. The second-order valence-electron chi connectivity index (χ2n) is 7.41. The number of thiophene rings is 1. The second-order valence-corrected chi connectivity index (χ2v) is 8.41. The van der Waals surface area contributed by atoms with Gasteiger partial charge in [-0.2, -0.15) is 0 Å². The molecule has 1 aliphatic heterocycles. The van der Waals surface area contributed by atoms with E-state index in [4.69, 9.17) is 4.74 Å². The largest absolute Gasteiger partial charge is 0.491 e. The van der Waals surface area contributed by atoms with E-state index in [-0.39, 0.29) is 24.8 Å². The van der Waals surface area contributed by atoms with Crippen molar-refractivity contribution in [2.75, 3.05) is 13.2 Å². The molecule has 2 aromatic rings. The predicted molar refractivity (Wildman–Crippen MR) is 107 cm³/mol. The summed E-state index contributed by atoms with van der Waals surface area (Å²) in [6, 6.07) is 8.00. The van der Waals surface area contributed by atoms with Gasteiger partial charge in [-0.3, -0.25) is 14.5 Å². The average molecular weight is 414 g/mol. The van der Waals surface area contributed by atoms with Crippen LogP contribution in [0.15, 0.2) is 35.7 Å². The molecule has 2 heterocycles. The third kappa shape index (κ3) is 3.54. The van der Waals surface area contributed by atoms with Crippen molar-refractivity contribution in [1.82, 2.24) is 10.2 Å². The number of ether oxygens (including phenoxy) is 1. The molecule has 1 aliphatic carbocycles. The monoisotopic (exact) mass is 414 g/mol. The van der Waals surface area contributed by atoms with Crippen molar-refractivity contribution < 1.29 is 24.2 Å². The quantitative estimate of drug-likeness (QED) is 0.559. The SMILES string of the molecule is CC(=O)c1ccc(OC[C@H](O)CN2C(=O)N[C@@]3(CCCc4sccc43)C2=O)cc1. The summed E-state index contributed by atoms with van der Waals surface area (Å²) in [5.74, 6) is 0.144. The van der Waals surface area contributed by atoms with Crippen molar-refractivity contribution in [3.8, 4) is 5.75 Å². The minimum atomic E-state index is -1.03. The van der Waals surface area contributed by atoms with Crippen LogP contribution in [0.25, 0.3) is 0 Å². The van der Waals surface area contributed by atoms with Crippen LogP contribution >= 0.6 is 11.3 Å². The number of amides is 3. The number of fused-ring (bicyclic) bond motifs is 2. The summed E-state index contributed by atoms with van der Waals surface area (Å²) in [6.45, 7) is 1.26. The van der Waals surface area contributed by atoms with Gasteiger partial charge in [-0.25, -0.2) is 4.79 Å². The van der Waals surface area contributed by atoms with Crippen LogP contribution in [-0.4, -0.2) is 47.0 Å². The Morgan fingerprint density at radius 2 is 2.07 bits per heavy atom. The summed E-state index contributed by atoms with van der Waals surface area (Å²) in [7, 11) is 0. The first-order valence-corrected chi connectivity index (χ1v) is 10.4. The first kappa shape index (κ1) is 19.6. The van der Waals surface area contributed by atoms with Crippen molar-refractivity contribution in [3.05, 3.63) is 51.7 Å². The number of hydrogen-bond donors (Lipinski definition) is 2. The van der Waals surface area contributed by atoms with Gasteiger partial charge in [0.25, 0.3) is 5.91 Å². The Hall–Kier alpha value is -2.71. The van der Waals surface area contributed by atoms with Crippen molar-refractivity contribution in [1.29, 1.82) is 0 Å². The fraction of sp³-hybridized carbons (Fsp3) is 0.381. The lowest BCUT2D eigenvalue weighted by Crippen LogP contribution is -2.46. The molecule has 4 rings (SSSR count). The number of hydrogen-bond acceptors (Lipinski definition) is 6. The maximum atomic E-state index is 13.1. The van der Waals surface area contributed by atoms with E-state index in [1.807, 2.05) is 11.4 Å². The fourth-order valence-corrected chi connectivity index (χ4v) is 4.95. The fourth-order valence-electron chi connectivity index (χ4n) is 3.95. The molecule has 0 unspecified atom stereocenters. The van der Waals surface area contributed by atoms with Gasteiger partial charge in [0, 0.05) is 16.0 Å². The van der Waals surface area contributed by atoms with E-state index in [1.165, 1.54) is 6.92 Å². The van der Waals surface area contributed by atoms with E-state index < -0.39 is 17.7 Å². The number of urea groups is 1. The van der Waals surface area contributed by atoms with Crippen LogP contribution < -0.4 is 10.1 Å². The van der Waals surface area contributed by atoms with E-state index in [1.54, 1.807) is 35.6 Å². The zero-order valence-electron chi connectivity index (χ0n) is 16.0. The molecule has 1 spiro atoms. The molecule has 3 amide bonds. The molecule has 2 N–H and O–H groups in total. The topological polar surface area (TPSA) is 95.9 Å². The number of carbonyl (C=O) groups is 3. The Balaban J connectivity index is 1.40. The van der Waals surface area contributed by atoms with Gasteiger partial charge in [-0.05, 0) is 61.9 Å². The van der Waals surface area contributed by atoms with Crippen LogP contribution in [0.5, 0.6) is 5.75 Å². The number of β-amino-alcohol motifs (C(OH)–C–C–N with tert-alkyl or cyclic N) is 1. The number of nitrogens with zero attached hydrogens (tertiary/aromatic N) is 1. The van der Waals surface area contributed by atoms with Gasteiger partial charge in [0.05, 0.1) is 6.54 Å². The van der Waals surface area contributed by atoms with E-state index in [0.29, 0.717) is 17.7 Å². The number of ketones is 1. The van der Waals surface area contributed by atoms with Gasteiger partial charge in [-0.1, -0.05) is 0 Å². The summed E-state index contributed by atoms with van der Waals surface area (Å²) in [6.07, 6.45) is 1.27. The number of rotatable bonds is 6. The van der Waals surface area contributed by atoms with Gasteiger partial charge < -0.3 is 15.2 Å². The van der Waals surface area contributed by atoms with E-state index in [2.05, 4.69) is 5.32 Å². The van der Waals surface area contributed by atoms with Crippen LogP contribution in [0.3, 0.4) is 0 Å². The minimum absolute atomic E-state index is 0.0411. The van der Waals surface area contributed by atoms with Crippen LogP contribution in [0.4, 0.5) is 4.79 Å². The van der Waals surface area contributed by atoms with E-state index in [9.17, 15) is 19.5 Å². The van der Waals surface area contributed by atoms with Crippen LogP contribution in [0.2, 0.25) is 0 Å². The molecule has 0 saturated carbocycles. The molecule has 1 aromatic heterocycles. The molecule has 152 valence electrons. The number of nitrogens with one attached hydrogen (secondary N) is 1. The molecule has 2 aliphatic rings. The third-order valence-corrected chi connectivity index (χ3v) is 6.41. The van der Waals surface area contributed by atoms with Gasteiger partial charge >= 0.3 is 6.03 Å². The van der Waals surface area contributed by atoms with Crippen molar-refractivity contribution in [2.45, 2.75) is 37.8 Å². The highest BCUT2D eigenvalue weighted by atomic mass is 32.1. The maximum Gasteiger partial charge on any atom is 0.325 e. The smallest absolute Gasteiger partial charge is 0.325 e. The predicted octanol–water partition coefficient (Wildman–Crippen LogP) is 2.47. The Morgan fingerprint density at radius 1 is 1.31 bits per heavy atom. The highest BCUT2D eigenvalue weighted by Gasteiger charge is 2.54. The first-order valence-electron chi connectivity index (χ1n) is 9.53. The van der Waals surface area contributed by atoms with Crippen molar-refractivity contribution >= 4 is 29.1 Å². The summed E-state index contributed by atoms with van der Waals surface area (Å²) < 4.78 is 5.53. The summed E-state index contributed by atoms with van der Waals surface area (Å²) >= 11 is 1.60. The van der Waals surface area contributed by atoms with Crippen molar-refractivity contribution in [3.63, 3.8) is 0 Å². The number of aryl methyl sites for hydroxylation is 1. The van der Waals surface area contributed by atoms with Gasteiger partial charge in [0.1, 0.15) is 24.0 Å². The molecule has 1 fully saturated rings. The highest BCUT2D eigenvalue weighted by molar-refractivity contribution is 7.10. The second kappa shape index (κ2) is 7.61. The lowest BCUT2D eigenvalue weighted by molar-refractivity contribution is -0.133. The Kier molecular flexibility index (Phi) is 5.14. The maximum absolute atomic E-state index is 13.1. The van der Waals surface area contributed by atoms with Crippen LogP contribution in [0, 0.1) is 0 Å². The zero-order chi connectivity index (χ0) is 20.6. The van der Waals surface area contributed by atoms with E-state index >= 15 is 0 Å². The Bertz CT molecular complexity index is 954. The number of aliphatic hydroxyl groups excluding tert-OH is 1. The molecule has 7 nitrogen and oxygen atoms in total. The lowest BCUT2D eigenvalue weighted by atomic mass is 9.80. The molecular formula is C21H22N2O5S. The summed E-state index contributed by atoms with van der Waals surface area (Å²) in [5, 5.41) is 15.2. The molecule has 2 atom stereocenters. The number of aliphatic hydroxyl groups is 1. The average Bonchev–Trinajstić information content (AvgIpc) is 3.27. The summed E-state index contributed by atoms with van der Waals surface area (Å²) in [4.78, 5) is 39.2. The molecule has 29 heavy (non-hydrogen) atoms. The first-order chi connectivity index (χ1) is 13.9. The molecule has 1 aromatic carbocycles. The van der Waals surface area contributed by atoms with Gasteiger partial charge in [0.2, 0.25) is 0 Å². The normalized spacial score (nSPS) is 21.8. The Labute approximate surface area is 172 Å². The molecular weight excluding hydrogens is 392 g/mol. The molecule has 0 bridgehead atoms. The van der Waals surface area contributed by atoms with Gasteiger partial charge in [-0.15, -0.1) is 11.3 Å². The number of imide groups is 1. The molecule has 8 heteroatoms. The minimum Gasteiger partial charge on any atom is -0.491 e. The zero-order valence-corrected chi connectivity index (χ0v) is 16.8. The van der Waals surface area contributed by atoms with Crippen LogP contribution in [0.1, 0.15) is 40.6 Å². The Morgan fingerprint density at radius 3 is 2.79 bits per heavy atom. The standard InChI is InChI=1S/C21H22N2O5S/c1-13(24)14-4-6-16(7-5-14)28-12-15(25)11-23-19(26)21(22-20(23)27)9-2-3-18-17(21)8-10-29-18/h4-8,10,15,25H,2-3,9,11-12H2,1H3,(H,22,27)/t15-,21-/m1/s1. The van der Waals surface area contributed by atoms with Crippen LogP contribution in [-0.2, 0) is 16.8 Å². The number of Topliss-reactive ketones (excluding diaryl/α,β-unsaturated/α-hetero) is 1. The molecule has 1 saturated heterocycles. The number of carbonyl (C=O) groups excluding carboxylic acids is 3. The van der Waals surface area contributed by atoms with Crippen molar-refractivity contribution in [2.24, 2.45) is 0 Å². The molecule has 0 radical (unpaired) electrons. The number of benzene rings is 1.